The summed E-state index contributed by atoms with van der Waals surface area (Å²) in [4.78, 5) is 0. The van der Waals surface area contributed by atoms with Crippen molar-refractivity contribution in [2.24, 2.45) is 0 Å². The monoisotopic (exact) mass is 373 g/mol. The van der Waals surface area contributed by atoms with E-state index in [0.29, 0.717) is 5.41 Å². The molecule has 0 saturated heterocycles. The third-order valence-corrected chi connectivity index (χ3v) is 6.05. The van der Waals surface area contributed by atoms with Crippen molar-refractivity contribution in [1.82, 2.24) is 0 Å². The normalized spacial score (nSPS) is 11.6. The zero-order chi connectivity index (χ0) is 9.73. The summed E-state index contributed by atoms with van der Waals surface area (Å²) in [5.41, 5.74) is 1.74. The van der Waals surface area contributed by atoms with Crippen LogP contribution in [0.5, 0.6) is 0 Å². The molecule has 0 unspecified atom stereocenters. The maximum atomic E-state index is 3.06. The van der Waals surface area contributed by atoms with Crippen LogP contribution in [0, 0.1) is 6.07 Å². The van der Waals surface area contributed by atoms with Gasteiger partial charge in [0.05, 0.1) is 0 Å². The van der Waals surface area contributed by atoms with E-state index in [2.05, 4.69) is 66.2 Å². The quantitative estimate of drug-likeness (QED) is 0.685. The van der Waals surface area contributed by atoms with Crippen LogP contribution < -0.4 is 0 Å². The van der Waals surface area contributed by atoms with Gasteiger partial charge < -0.3 is 0 Å². The Balaban J connectivity index is 3.01. The predicted molar refractivity (Wildman–Crippen MR) is 62.8 cm³/mol. The maximum absolute atomic E-state index is 3.06. The molecule has 0 heterocycles. The second-order valence-electron chi connectivity index (χ2n) is 3.04. The van der Waals surface area contributed by atoms with E-state index in [1.165, 1.54) is 5.56 Å². The Morgan fingerprint density at radius 1 is 1.00 bits per heavy atom. The van der Waals surface area contributed by atoms with Crippen LogP contribution in [0.1, 0.15) is 5.56 Å². The Morgan fingerprint density at radius 3 is 1.85 bits per heavy atom. The van der Waals surface area contributed by atoms with E-state index < -0.39 is 0 Å². The van der Waals surface area contributed by atoms with Gasteiger partial charge in [-0.05, 0) is 0 Å². The average molecular weight is 370 g/mol. The van der Waals surface area contributed by atoms with Crippen molar-refractivity contribution in [3.8, 4) is 0 Å². The molecule has 0 atom stereocenters. The van der Waals surface area contributed by atoms with Gasteiger partial charge in [0.25, 0.3) is 0 Å². The molecular formula is C10H13Se3. The summed E-state index contributed by atoms with van der Waals surface area (Å²) in [6.07, 6.45) is 0. The molecular weight excluding hydrogens is 357 g/mol. The molecule has 1 aromatic carbocycles. The van der Waals surface area contributed by atoms with Gasteiger partial charge in [0, 0.05) is 0 Å². The van der Waals surface area contributed by atoms with E-state index in [-0.39, 0.29) is 0 Å². The molecule has 13 heavy (non-hydrogen) atoms. The van der Waals surface area contributed by atoms with Crippen molar-refractivity contribution in [1.29, 1.82) is 0 Å². The first-order chi connectivity index (χ1) is 6.29. The molecule has 0 spiro atoms. The van der Waals surface area contributed by atoms with Crippen molar-refractivity contribution in [3.05, 3.63) is 35.9 Å². The Morgan fingerprint density at radius 2 is 1.46 bits per heavy atom. The van der Waals surface area contributed by atoms with Crippen LogP contribution in [0.2, 0.25) is 16.0 Å². The van der Waals surface area contributed by atoms with Crippen molar-refractivity contribution in [2.45, 2.75) is 21.4 Å². The Hall–Kier alpha value is 0.778. The van der Waals surface area contributed by atoms with Gasteiger partial charge in [-0.2, -0.15) is 0 Å². The van der Waals surface area contributed by atoms with Gasteiger partial charge in [-0.15, -0.1) is 0 Å². The minimum atomic E-state index is 0.315. The van der Waals surface area contributed by atoms with Crippen LogP contribution in [0.3, 0.4) is 0 Å². The van der Waals surface area contributed by atoms with Crippen molar-refractivity contribution in [3.63, 3.8) is 0 Å². The van der Waals surface area contributed by atoms with Crippen molar-refractivity contribution >= 4 is 48.0 Å². The third-order valence-electron chi connectivity index (χ3n) is 2.24. The fourth-order valence-electron chi connectivity index (χ4n) is 1.16. The summed E-state index contributed by atoms with van der Waals surface area (Å²) in [5.74, 6) is 0. The van der Waals surface area contributed by atoms with Crippen LogP contribution >= 0.6 is 0 Å². The summed E-state index contributed by atoms with van der Waals surface area (Å²) >= 11 is 8.12. The van der Waals surface area contributed by atoms with E-state index in [1.807, 2.05) is 12.1 Å². The fraction of sp³-hybridized carbons (Fsp3) is 0.400. The predicted octanol–water partition coefficient (Wildman–Crippen LogP) is 0.682. The summed E-state index contributed by atoms with van der Waals surface area (Å²) in [5, 5.41) is 3.40. The molecule has 1 aromatic rings. The van der Waals surface area contributed by atoms with Crippen molar-refractivity contribution in [2.75, 3.05) is 0 Å². The molecule has 0 aromatic heterocycles. The molecule has 0 aliphatic rings. The second kappa shape index (κ2) is 5.61. The number of rotatable bonds is 4. The molecule has 0 nitrogen and oxygen atoms in total. The standard InChI is InChI=1S/C10H13Se3/c11-6-10(7-12,8-13)9-4-2-1-3-5-9/h2-5,11-13H,6-8H2. The minimum absolute atomic E-state index is 0.315. The van der Waals surface area contributed by atoms with Crippen molar-refractivity contribution < 1.29 is 0 Å². The number of hydrogen-bond acceptors (Lipinski definition) is 0. The SMILES string of the molecule is [SeH]CC(C[SeH])(C[SeH])c1cc[c]cc1. The molecule has 1 radical (unpaired) electrons. The molecule has 0 saturated carbocycles. The zero-order valence-electron chi connectivity index (χ0n) is 7.27. The Labute approximate surface area is 105 Å². The van der Waals surface area contributed by atoms with Gasteiger partial charge in [0.15, 0.2) is 0 Å². The molecule has 0 bridgehead atoms. The number of benzene rings is 1. The second-order valence-corrected chi connectivity index (χ2v) is 5.03. The molecule has 71 valence electrons. The Bertz CT molecular complexity index is 233. The van der Waals surface area contributed by atoms with Gasteiger partial charge in [-0.1, -0.05) is 0 Å². The fourth-order valence-corrected chi connectivity index (χ4v) is 6.21. The third kappa shape index (κ3) is 2.63. The summed E-state index contributed by atoms with van der Waals surface area (Å²) in [6, 6.07) is 11.4. The summed E-state index contributed by atoms with van der Waals surface area (Å²) in [7, 11) is 0. The topological polar surface area (TPSA) is 0 Å². The van der Waals surface area contributed by atoms with Crippen LogP contribution in [-0.4, -0.2) is 48.0 Å². The molecule has 3 heteroatoms. The van der Waals surface area contributed by atoms with Crippen LogP contribution in [0.25, 0.3) is 0 Å². The van der Waals surface area contributed by atoms with Gasteiger partial charge in [-0.3, -0.25) is 0 Å². The first-order valence-electron chi connectivity index (χ1n) is 4.08. The average Bonchev–Trinajstić information content (AvgIpc) is 2.23. The van der Waals surface area contributed by atoms with E-state index >= 15 is 0 Å². The first-order valence-corrected chi connectivity index (χ1v) is 8.06. The number of hydrogen-bond donors (Lipinski definition) is 0. The molecule has 0 aliphatic carbocycles. The molecule has 1 rings (SSSR count). The van der Waals surface area contributed by atoms with E-state index in [9.17, 15) is 0 Å². The molecule has 0 N–H and O–H groups in total. The van der Waals surface area contributed by atoms with Gasteiger partial charge in [0.1, 0.15) is 0 Å². The van der Waals surface area contributed by atoms with Gasteiger partial charge >= 0.3 is 105 Å². The summed E-state index contributed by atoms with van der Waals surface area (Å²) in [6.45, 7) is 0. The van der Waals surface area contributed by atoms with E-state index in [1.54, 1.807) is 0 Å². The van der Waals surface area contributed by atoms with Crippen LogP contribution in [-0.2, 0) is 5.41 Å². The molecule has 0 amide bonds. The molecule has 0 aliphatic heterocycles. The van der Waals surface area contributed by atoms with Gasteiger partial charge in [0.2, 0.25) is 0 Å². The van der Waals surface area contributed by atoms with E-state index in [0.717, 1.165) is 16.0 Å². The van der Waals surface area contributed by atoms with Crippen LogP contribution in [0.15, 0.2) is 24.3 Å². The van der Waals surface area contributed by atoms with Crippen LogP contribution in [0.4, 0.5) is 0 Å². The Kier molecular flexibility index (Phi) is 5.11. The van der Waals surface area contributed by atoms with Gasteiger partial charge in [-0.25, -0.2) is 0 Å². The van der Waals surface area contributed by atoms with E-state index in [4.69, 9.17) is 0 Å². The first kappa shape index (κ1) is 11.9. The molecule has 0 fully saturated rings. The zero-order valence-corrected chi connectivity index (χ0v) is 12.9. The summed E-state index contributed by atoms with van der Waals surface area (Å²) < 4.78 is 0.